The summed E-state index contributed by atoms with van der Waals surface area (Å²) in [5.41, 5.74) is 6.43. The minimum atomic E-state index is -0.599. The maximum Gasteiger partial charge on any atom is 0.360 e. The molecule has 0 bridgehead atoms. The Morgan fingerprint density at radius 3 is 2.85 bits per heavy atom. The highest BCUT2D eigenvalue weighted by molar-refractivity contribution is 7.12. The van der Waals surface area contributed by atoms with Crippen LogP contribution < -0.4 is 5.73 Å². The van der Waals surface area contributed by atoms with Crippen LogP contribution in [0.1, 0.15) is 27.1 Å². The van der Waals surface area contributed by atoms with E-state index in [1.807, 2.05) is 0 Å². The highest BCUT2D eigenvalue weighted by atomic mass is 32.1. The summed E-state index contributed by atoms with van der Waals surface area (Å²) in [7, 11) is 1.30. The fourth-order valence-electron chi connectivity index (χ4n) is 1.64. The first-order valence-electron chi connectivity index (χ1n) is 5.76. The average molecular weight is 295 g/mol. The Hall–Kier alpha value is -2.35. The first-order valence-corrected chi connectivity index (χ1v) is 6.64. The van der Waals surface area contributed by atoms with Gasteiger partial charge in [0.25, 0.3) is 0 Å². The number of carbonyl (C=O) groups is 2. The van der Waals surface area contributed by atoms with Gasteiger partial charge in [0, 0.05) is 0 Å². The number of anilines is 1. The first-order chi connectivity index (χ1) is 9.60. The Balaban J connectivity index is 2.43. The Labute approximate surface area is 118 Å². The van der Waals surface area contributed by atoms with Crippen LogP contribution in [0.2, 0.25) is 0 Å². The Kier molecular flexibility index (Phi) is 4.04. The molecule has 20 heavy (non-hydrogen) atoms. The lowest BCUT2D eigenvalue weighted by Gasteiger charge is -2.06. The van der Waals surface area contributed by atoms with Gasteiger partial charge in [-0.3, -0.25) is 4.57 Å². The van der Waals surface area contributed by atoms with E-state index in [0.717, 1.165) is 0 Å². The molecule has 0 unspecified atom stereocenters. The van der Waals surface area contributed by atoms with Crippen molar-refractivity contribution in [1.82, 2.24) is 9.55 Å². The van der Waals surface area contributed by atoms with Crippen molar-refractivity contribution < 1.29 is 19.1 Å². The molecule has 0 radical (unpaired) electrons. The van der Waals surface area contributed by atoms with E-state index in [0.29, 0.717) is 10.6 Å². The molecule has 0 aliphatic heterocycles. The number of imidazole rings is 1. The summed E-state index contributed by atoms with van der Waals surface area (Å²) in [6, 6.07) is 1.70. The molecule has 0 aliphatic carbocycles. The van der Waals surface area contributed by atoms with Crippen molar-refractivity contribution in [3.63, 3.8) is 0 Å². The van der Waals surface area contributed by atoms with Crippen LogP contribution in [0.4, 0.5) is 5.82 Å². The molecule has 8 heteroatoms. The van der Waals surface area contributed by atoms with Crippen molar-refractivity contribution in [3.05, 3.63) is 28.3 Å². The molecule has 7 nitrogen and oxygen atoms in total. The summed E-state index contributed by atoms with van der Waals surface area (Å²) in [6.45, 7) is 1.93. The number of rotatable bonds is 4. The zero-order chi connectivity index (χ0) is 14.7. The third kappa shape index (κ3) is 2.37. The van der Waals surface area contributed by atoms with Crippen LogP contribution in [0, 0.1) is 0 Å². The second kappa shape index (κ2) is 5.74. The van der Waals surface area contributed by atoms with E-state index in [-0.39, 0.29) is 18.1 Å². The quantitative estimate of drug-likeness (QED) is 0.858. The van der Waals surface area contributed by atoms with E-state index in [1.165, 1.54) is 29.3 Å². The molecule has 0 amide bonds. The van der Waals surface area contributed by atoms with E-state index in [4.69, 9.17) is 15.2 Å². The number of methoxy groups -OCH3 is 1. The van der Waals surface area contributed by atoms with Gasteiger partial charge in [0.05, 0.1) is 19.4 Å². The summed E-state index contributed by atoms with van der Waals surface area (Å²) in [6.07, 6.45) is 1.37. The minimum Gasteiger partial charge on any atom is -0.465 e. The average Bonchev–Trinajstić information content (AvgIpc) is 3.04. The Morgan fingerprint density at radius 1 is 1.45 bits per heavy atom. The summed E-state index contributed by atoms with van der Waals surface area (Å²) in [5, 5.41) is 1.73. The van der Waals surface area contributed by atoms with Crippen molar-refractivity contribution in [2.24, 2.45) is 0 Å². The summed E-state index contributed by atoms with van der Waals surface area (Å²) in [4.78, 5) is 27.6. The summed E-state index contributed by atoms with van der Waals surface area (Å²) in [5.74, 6) is -0.952. The van der Waals surface area contributed by atoms with Crippen molar-refractivity contribution >= 4 is 29.1 Å². The monoisotopic (exact) mass is 295 g/mol. The van der Waals surface area contributed by atoms with Crippen LogP contribution in [-0.2, 0) is 9.47 Å². The molecule has 0 saturated heterocycles. The van der Waals surface area contributed by atoms with Gasteiger partial charge in [0.2, 0.25) is 0 Å². The molecule has 0 aromatic carbocycles. The third-order valence-electron chi connectivity index (χ3n) is 2.55. The Morgan fingerprint density at radius 2 is 2.20 bits per heavy atom. The van der Waals surface area contributed by atoms with Gasteiger partial charge in [0.1, 0.15) is 17.0 Å². The molecule has 0 aliphatic rings. The van der Waals surface area contributed by atoms with Gasteiger partial charge in [-0.05, 0) is 18.4 Å². The second-order valence-corrected chi connectivity index (χ2v) is 4.61. The van der Waals surface area contributed by atoms with Gasteiger partial charge in [0.15, 0.2) is 5.69 Å². The number of nitrogens with zero attached hydrogens (tertiary/aromatic N) is 2. The normalized spacial score (nSPS) is 10.3. The first kappa shape index (κ1) is 14.1. The molecule has 2 N–H and O–H groups in total. The van der Waals surface area contributed by atoms with Crippen LogP contribution in [-0.4, -0.2) is 35.2 Å². The topological polar surface area (TPSA) is 96.4 Å². The van der Waals surface area contributed by atoms with Gasteiger partial charge < -0.3 is 15.2 Å². The number of nitrogen functional groups attached to an aromatic ring is 1. The van der Waals surface area contributed by atoms with Gasteiger partial charge in [-0.15, -0.1) is 11.3 Å². The zero-order valence-electron chi connectivity index (χ0n) is 11.0. The third-order valence-corrected chi connectivity index (χ3v) is 3.43. The zero-order valence-corrected chi connectivity index (χ0v) is 11.8. The van der Waals surface area contributed by atoms with Crippen LogP contribution in [0.3, 0.4) is 0 Å². The molecule has 2 aromatic heterocycles. The molecular formula is C12H13N3O4S. The van der Waals surface area contributed by atoms with Gasteiger partial charge >= 0.3 is 11.9 Å². The largest absolute Gasteiger partial charge is 0.465 e. The van der Waals surface area contributed by atoms with E-state index in [9.17, 15) is 9.59 Å². The maximum absolute atomic E-state index is 11.7. The summed E-state index contributed by atoms with van der Waals surface area (Å²) >= 11 is 1.22. The van der Waals surface area contributed by atoms with E-state index in [1.54, 1.807) is 18.4 Å². The van der Waals surface area contributed by atoms with E-state index >= 15 is 0 Å². The highest BCUT2D eigenvalue weighted by Gasteiger charge is 2.21. The number of aromatic nitrogens is 2. The lowest BCUT2D eigenvalue weighted by molar-refractivity contribution is 0.0520. The van der Waals surface area contributed by atoms with E-state index < -0.39 is 11.9 Å². The number of carbonyl (C=O) groups excluding carboxylic acids is 2. The SMILES string of the molecule is CCOC(=O)c1ncn(-c2ccsc2C(=O)OC)c1N. The molecule has 0 spiro atoms. The lowest BCUT2D eigenvalue weighted by atomic mass is 10.3. The smallest absolute Gasteiger partial charge is 0.360 e. The molecule has 0 fully saturated rings. The number of hydrogen-bond donors (Lipinski definition) is 1. The minimum absolute atomic E-state index is 0.0221. The molecule has 106 valence electrons. The highest BCUT2D eigenvalue weighted by Crippen LogP contribution is 2.25. The molecule has 2 heterocycles. The standard InChI is InChI=1S/C12H13N3O4S/c1-3-19-11(16)8-10(13)15(6-14-8)7-4-5-20-9(7)12(17)18-2/h4-6H,3,13H2,1-2H3. The predicted molar refractivity (Wildman–Crippen MR) is 73.1 cm³/mol. The molecule has 2 aromatic rings. The molecule has 0 saturated carbocycles. The second-order valence-electron chi connectivity index (χ2n) is 3.70. The van der Waals surface area contributed by atoms with Crippen LogP contribution in [0.15, 0.2) is 17.8 Å². The molecular weight excluding hydrogens is 282 g/mol. The van der Waals surface area contributed by atoms with Crippen LogP contribution in [0.5, 0.6) is 0 Å². The molecule has 0 atom stereocenters. The maximum atomic E-state index is 11.7. The predicted octanol–water partition coefficient (Wildman–Crippen LogP) is 1.48. The van der Waals surface area contributed by atoms with Crippen molar-refractivity contribution in [3.8, 4) is 5.69 Å². The van der Waals surface area contributed by atoms with Crippen LogP contribution >= 0.6 is 11.3 Å². The van der Waals surface area contributed by atoms with Gasteiger partial charge in [-0.25, -0.2) is 14.6 Å². The fourth-order valence-corrected chi connectivity index (χ4v) is 2.44. The summed E-state index contributed by atoms with van der Waals surface area (Å²) < 4.78 is 11.0. The number of nitrogens with two attached hydrogens (primary N) is 1. The van der Waals surface area contributed by atoms with Gasteiger partial charge in [-0.1, -0.05) is 0 Å². The number of ether oxygens (including phenoxy) is 2. The fraction of sp³-hybridized carbons (Fsp3) is 0.250. The number of hydrogen-bond acceptors (Lipinski definition) is 7. The Bertz CT molecular complexity index is 647. The lowest BCUT2D eigenvalue weighted by Crippen LogP contribution is -2.10. The van der Waals surface area contributed by atoms with Crippen molar-refractivity contribution in [1.29, 1.82) is 0 Å². The number of esters is 2. The molecule has 2 rings (SSSR count). The van der Waals surface area contributed by atoms with Crippen LogP contribution in [0.25, 0.3) is 5.69 Å². The number of thiophene rings is 1. The van der Waals surface area contributed by atoms with E-state index in [2.05, 4.69) is 4.98 Å². The van der Waals surface area contributed by atoms with Crippen molar-refractivity contribution in [2.45, 2.75) is 6.92 Å². The van der Waals surface area contributed by atoms with Gasteiger partial charge in [-0.2, -0.15) is 0 Å². The van der Waals surface area contributed by atoms with Crippen molar-refractivity contribution in [2.75, 3.05) is 19.5 Å².